The Labute approximate surface area is 143 Å². The summed E-state index contributed by atoms with van der Waals surface area (Å²) in [5, 5.41) is 1.12. The number of rotatable bonds is 4. The average Bonchev–Trinajstić information content (AvgIpc) is 2.85. The third-order valence-electron chi connectivity index (χ3n) is 4.27. The second-order valence-electron chi connectivity index (χ2n) is 6.32. The van der Waals surface area contributed by atoms with E-state index in [4.69, 9.17) is 9.98 Å². The summed E-state index contributed by atoms with van der Waals surface area (Å²) in [7, 11) is 0. The van der Waals surface area contributed by atoms with Crippen LogP contribution in [0.25, 0.3) is 0 Å². The normalized spacial score (nSPS) is 22.4. The van der Waals surface area contributed by atoms with Gasteiger partial charge in [-0.25, -0.2) is 0 Å². The van der Waals surface area contributed by atoms with Crippen LogP contribution in [0.5, 0.6) is 0 Å². The van der Waals surface area contributed by atoms with Gasteiger partial charge in [0.2, 0.25) is 0 Å². The Morgan fingerprint density at radius 2 is 1.91 bits per heavy atom. The number of fused-ring (bicyclic) bond motifs is 1. The number of hydrogen-bond acceptors (Lipinski definition) is 4. The summed E-state index contributed by atoms with van der Waals surface area (Å²) in [5.41, 5.74) is 5.19. The van der Waals surface area contributed by atoms with Crippen molar-refractivity contribution in [3.8, 4) is 0 Å². The van der Waals surface area contributed by atoms with Crippen molar-refractivity contribution in [3.05, 3.63) is 41.0 Å². The predicted molar refractivity (Wildman–Crippen MR) is 103 cm³/mol. The van der Waals surface area contributed by atoms with Crippen molar-refractivity contribution in [1.82, 2.24) is 0 Å². The average molecular weight is 327 g/mol. The summed E-state index contributed by atoms with van der Waals surface area (Å²) in [4.78, 5) is 12.0. The number of aryl methyl sites for hydroxylation is 3. The highest BCUT2D eigenvalue weighted by Gasteiger charge is 2.37. The lowest BCUT2D eigenvalue weighted by Crippen LogP contribution is -2.39. The first kappa shape index (κ1) is 16.3. The Kier molecular flexibility index (Phi) is 4.90. The standard InChI is InChI=1S/C19H25N3S/c1-5-6-10-23-19-21-16-8-7-9-20-18(16)22(19)17-14(3)11-13(2)12-15(17)4/h7-9,11-12,16,18H,5-6,10H2,1-4H3. The van der Waals surface area contributed by atoms with Crippen LogP contribution in [0.3, 0.4) is 0 Å². The van der Waals surface area contributed by atoms with Crippen LogP contribution in [0.4, 0.5) is 5.69 Å². The number of amidine groups is 1. The molecule has 2 atom stereocenters. The number of benzene rings is 1. The monoisotopic (exact) mass is 327 g/mol. The second-order valence-corrected chi connectivity index (χ2v) is 7.38. The molecule has 4 heteroatoms. The third kappa shape index (κ3) is 3.23. The molecule has 2 aliphatic heterocycles. The fourth-order valence-corrected chi connectivity index (χ4v) is 4.47. The van der Waals surface area contributed by atoms with Crippen LogP contribution in [0.15, 0.2) is 34.3 Å². The molecular formula is C19H25N3S. The van der Waals surface area contributed by atoms with E-state index in [0.717, 1.165) is 10.9 Å². The van der Waals surface area contributed by atoms with Crippen molar-refractivity contribution in [2.45, 2.75) is 52.7 Å². The molecule has 122 valence electrons. The highest BCUT2D eigenvalue weighted by atomic mass is 32.2. The highest BCUT2D eigenvalue weighted by Crippen LogP contribution is 2.36. The van der Waals surface area contributed by atoms with Crippen molar-refractivity contribution in [2.75, 3.05) is 10.7 Å². The molecule has 1 aromatic carbocycles. The molecule has 3 rings (SSSR count). The lowest BCUT2D eigenvalue weighted by Gasteiger charge is -2.30. The Bertz CT molecular complexity index is 652. The summed E-state index contributed by atoms with van der Waals surface area (Å²) >= 11 is 1.87. The molecule has 0 radical (unpaired) electrons. The van der Waals surface area contributed by atoms with Gasteiger partial charge in [0.25, 0.3) is 0 Å². The molecule has 0 aliphatic carbocycles. The Morgan fingerprint density at radius 3 is 2.61 bits per heavy atom. The lowest BCUT2D eigenvalue weighted by atomic mass is 10.0. The molecule has 0 saturated heterocycles. The van der Waals surface area contributed by atoms with E-state index >= 15 is 0 Å². The zero-order valence-corrected chi connectivity index (χ0v) is 15.2. The lowest BCUT2D eigenvalue weighted by molar-refractivity contribution is 0.657. The molecule has 0 amide bonds. The van der Waals surface area contributed by atoms with Gasteiger partial charge in [-0.3, -0.25) is 14.9 Å². The van der Waals surface area contributed by atoms with Crippen LogP contribution in [0.1, 0.15) is 36.5 Å². The Hall–Kier alpha value is -1.55. The predicted octanol–water partition coefficient (Wildman–Crippen LogP) is 4.66. The van der Waals surface area contributed by atoms with E-state index in [1.807, 2.05) is 24.1 Å². The van der Waals surface area contributed by atoms with Crippen LogP contribution in [-0.2, 0) is 0 Å². The van der Waals surface area contributed by atoms with E-state index in [9.17, 15) is 0 Å². The number of dihydropyridines is 1. The van der Waals surface area contributed by atoms with Crippen molar-refractivity contribution >= 4 is 28.8 Å². The number of allylic oxidation sites excluding steroid dienone is 1. The fourth-order valence-electron chi connectivity index (χ4n) is 3.32. The van der Waals surface area contributed by atoms with Crippen molar-refractivity contribution < 1.29 is 0 Å². The van der Waals surface area contributed by atoms with Gasteiger partial charge in [-0.15, -0.1) is 0 Å². The summed E-state index contributed by atoms with van der Waals surface area (Å²) < 4.78 is 0. The molecule has 0 N–H and O–H groups in total. The van der Waals surface area contributed by atoms with Gasteiger partial charge in [-0.1, -0.05) is 48.9 Å². The first-order valence-electron chi connectivity index (χ1n) is 8.39. The molecule has 1 aromatic rings. The molecule has 2 unspecified atom stereocenters. The SMILES string of the molecule is CCCCSC1=NC2C=CC=NC2N1c1c(C)cc(C)cc1C. The van der Waals surface area contributed by atoms with Gasteiger partial charge in [0.05, 0.1) is 5.69 Å². The van der Waals surface area contributed by atoms with Crippen molar-refractivity contribution in [1.29, 1.82) is 0 Å². The van der Waals surface area contributed by atoms with Gasteiger partial charge >= 0.3 is 0 Å². The minimum Gasteiger partial charge on any atom is -0.295 e. The first-order valence-corrected chi connectivity index (χ1v) is 9.38. The van der Waals surface area contributed by atoms with E-state index in [1.165, 1.54) is 35.2 Å². The van der Waals surface area contributed by atoms with E-state index < -0.39 is 0 Å². The number of aliphatic imine (C=N–C) groups is 2. The molecule has 3 nitrogen and oxygen atoms in total. The number of hydrogen-bond donors (Lipinski definition) is 0. The molecule has 0 spiro atoms. The van der Waals surface area contributed by atoms with Crippen LogP contribution < -0.4 is 4.90 Å². The molecule has 0 aromatic heterocycles. The molecule has 0 bridgehead atoms. The van der Waals surface area contributed by atoms with Crippen LogP contribution >= 0.6 is 11.8 Å². The van der Waals surface area contributed by atoms with Gasteiger partial charge in [0.1, 0.15) is 6.04 Å². The second kappa shape index (κ2) is 6.91. The largest absolute Gasteiger partial charge is 0.295 e. The Balaban J connectivity index is 1.98. The van der Waals surface area contributed by atoms with Gasteiger partial charge in [-0.05, 0) is 44.4 Å². The zero-order valence-electron chi connectivity index (χ0n) is 14.4. The summed E-state index contributed by atoms with van der Waals surface area (Å²) in [6.45, 7) is 8.78. The topological polar surface area (TPSA) is 28.0 Å². The number of unbranched alkanes of at least 4 members (excludes halogenated alkanes) is 1. The maximum Gasteiger partial charge on any atom is 0.166 e. The fraction of sp³-hybridized carbons (Fsp3) is 0.474. The van der Waals surface area contributed by atoms with Gasteiger partial charge in [0, 0.05) is 12.0 Å². The number of anilines is 1. The molecular weight excluding hydrogens is 302 g/mol. The van der Waals surface area contributed by atoms with Crippen LogP contribution in [0.2, 0.25) is 0 Å². The van der Waals surface area contributed by atoms with E-state index in [0.29, 0.717) is 0 Å². The summed E-state index contributed by atoms with van der Waals surface area (Å²) in [5.74, 6) is 1.11. The van der Waals surface area contributed by atoms with Gasteiger partial charge in [0.15, 0.2) is 11.3 Å². The first-order chi connectivity index (χ1) is 11.1. The minimum absolute atomic E-state index is 0.0734. The number of thioether (sulfide) groups is 1. The quantitative estimate of drug-likeness (QED) is 0.753. The van der Waals surface area contributed by atoms with E-state index in [1.54, 1.807) is 0 Å². The third-order valence-corrected chi connectivity index (χ3v) is 5.33. The summed E-state index contributed by atoms with van der Waals surface area (Å²) in [6.07, 6.45) is 8.59. The minimum atomic E-state index is 0.0734. The summed E-state index contributed by atoms with van der Waals surface area (Å²) in [6, 6.07) is 4.66. The molecule has 2 heterocycles. The Morgan fingerprint density at radius 1 is 1.17 bits per heavy atom. The van der Waals surface area contributed by atoms with Crippen molar-refractivity contribution in [2.24, 2.45) is 9.98 Å². The molecule has 23 heavy (non-hydrogen) atoms. The van der Waals surface area contributed by atoms with E-state index in [-0.39, 0.29) is 12.2 Å². The van der Waals surface area contributed by atoms with Crippen LogP contribution in [-0.4, -0.2) is 29.3 Å². The maximum absolute atomic E-state index is 4.95. The zero-order chi connectivity index (χ0) is 16.4. The van der Waals surface area contributed by atoms with Crippen molar-refractivity contribution in [3.63, 3.8) is 0 Å². The van der Waals surface area contributed by atoms with Gasteiger partial charge in [-0.2, -0.15) is 0 Å². The number of nitrogens with zero attached hydrogens (tertiary/aromatic N) is 3. The maximum atomic E-state index is 4.95. The molecule has 2 aliphatic rings. The highest BCUT2D eigenvalue weighted by molar-refractivity contribution is 8.14. The smallest absolute Gasteiger partial charge is 0.166 e. The van der Waals surface area contributed by atoms with Crippen LogP contribution in [0, 0.1) is 20.8 Å². The van der Waals surface area contributed by atoms with E-state index in [2.05, 4.69) is 50.8 Å². The molecule has 0 fully saturated rings. The van der Waals surface area contributed by atoms with Gasteiger partial charge < -0.3 is 0 Å². The molecule has 0 saturated carbocycles.